The lowest BCUT2D eigenvalue weighted by atomic mass is 10.5. The molecule has 0 radical (unpaired) electrons. The molecule has 1 rings (SSSR count). The van der Waals surface area contributed by atoms with Crippen molar-refractivity contribution in [1.82, 2.24) is 9.78 Å². The average Bonchev–Trinajstić information content (AvgIpc) is 1.98. The molecule has 0 aliphatic rings. The van der Waals surface area contributed by atoms with E-state index in [0.29, 0.717) is 0 Å². The Hall–Kier alpha value is 0.420. The van der Waals surface area contributed by atoms with Crippen molar-refractivity contribution in [1.29, 1.82) is 0 Å². The highest BCUT2D eigenvalue weighted by Crippen LogP contribution is 2.20. The van der Waals surface area contributed by atoms with E-state index in [4.69, 9.17) is 0 Å². The Morgan fingerprint density at radius 2 is 2.22 bits per heavy atom. The van der Waals surface area contributed by atoms with Crippen molar-refractivity contribution in [2.75, 3.05) is 0 Å². The average molecular weight is 301 g/mol. The highest BCUT2D eigenvalue weighted by atomic mass is 127. The van der Waals surface area contributed by atoms with Crippen LogP contribution in [0.25, 0.3) is 0 Å². The second-order valence-corrected chi connectivity index (χ2v) is 3.63. The maximum atomic E-state index is 4.17. The summed E-state index contributed by atoms with van der Waals surface area (Å²) in [6, 6.07) is 0. The molecule has 1 heterocycles. The molecule has 50 valence electrons. The normalized spacial score (nSPS) is 10.2. The number of halogens is 2. The molecule has 2 nitrogen and oxygen atoms in total. The van der Waals surface area contributed by atoms with Crippen molar-refractivity contribution >= 4 is 38.5 Å². The van der Waals surface area contributed by atoms with E-state index in [1.54, 1.807) is 0 Å². The lowest BCUT2D eigenvalue weighted by Gasteiger charge is -1.87. The minimum Gasteiger partial charge on any atom is -0.261 e. The summed E-state index contributed by atoms with van der Waals surface area (Å²) in [4.78, 5) is 0. The van der Waals surface area contributed by atoms with Crippen LogP contribution in [-0.4, -0.2) is 9.78 Å². The van der Waals surface area contributed by atoms with Gasteiger partial charge in [0.15, 0.2) is 0 Å². The third kappa shape index (κ3) is 1.29. The summed E-state index contributed by atoms with van der Waals surface area (Å²) in [5, 5.41) is 4.17. The maximum Gasteiger partial charge on any atom is 0.113 e. The number of hydrogen-bond acceptors (Lipinski definition) is 1. The van der Waals surface area contributed by atoms with E-state index in [1.807, 2.05) is 18.7 Å². The fraction of sp³-hybridized carbons (Fsp3) is 0.400. The van der Waals surface area contributed by atoms with Gasteiger partial charge in [-0.1, -0.05) is 0 Å². The number of hydrogen-bond donors (Lipinski definition) is 0. The predicted octanol–water partition coefficient (Wildman–Crippen LogP) is 2.10. The Morgan fingerprint density at radius 3 is 2.33 bits per heavy atom. The zero-order chi connectivity index (χ0) is 7.02. The van der Waals surface area contributed by atoms with Gasteiger partial charge in [-0.2, -0.15) is 5.10 Å². The first-order chi connectivity index (χ1) is 4.13. The molecule has 0 spiro atoms. The van der Waals surface area contributed by atoms with Gasteiger partial charge in [0, 0.05) is 7.05 Å². The summed E-state index contributed by atoms with van der Waals surface area (Å²) in [7, 11) is 1.93. The zero-order valence-corrected chi connectivity index (χ0v) is 8.89. The summed E-state index contributed by atoms with van der Waals surface area (Å²) >= 11 is 5.65. The van der Waals surface area contributed by atoms with Crippen molar-refractivity contribution in [2.45, 2.75) is 6.92 Å². The minimum absolute atomic E-state index is 1.04. The van der Waals surface area contributed by atoms with E-state index < -0.39 is 0 Å². The first-order valence-electron chi connectivity index (χ1n) is 2.47. The molecule has 1 aromatic rings. The van der Waals surface area contributed by atoms with E-state index in [1.165, 1.54) is 0 Å². The van der Waals surface area contributed by atoms with Gasteiger partial charge in [0.25, 0.3) is 0 Å². The highest BCUT2D eigenvalue weighted by Gasteiger charge is 2.05. The molecule has 4 heteroatoms. The third-order valence-electron chi connectivity index (χ3n) is 1.08. The van der Waals surface area contributed by atoms with Gasteiger partial charge < -0.3 is 0 Å². The molecule has 0 aromatic carbocycles. The highest BCUT2D eigenvalue weighted by molar-refractivity contribution is 14.1. The van der Waals surface area contributed by atoms with Crippen molar-refractivity contribution in [3.05, 3.63) is 13.9 Å². The topological polar surface area (TPSA) is 17.8 Å². The molecule has 0 aliphatic heterocycles. The Kier molecular flexibility index (Phi) is 2.15. The van der Waals surface area contributed by atoms with Crippen molar-refractivity contribution in [3.8, 4) is 0 Å². The number of aryl methyl sites for hydroxylation is 2. The van der Waals surface area contributed by atoms with Gasteiger partial charge in [0.2, 0.25) is 0 Å². The largest absolute Gasteiger partial charge is 0.261 e. The SMILES string of the molecule is Cc1nn(C)c(I)c1Br. The minimum atomic E-state index is 1.04. The molecule has 0 amide bonds. The molecule has 0 bridgehead atoms. The van der Waals surface area contributed by atoms with Crippen molar-refractivity contribution in [2.24, 2.45) is 7.05 Å². The van der Waals surface area contributed by atoms with Gasteiger partial charge in [0.05, 0.1) is 10.2 Å². The molecule has 0 unspecified atom stereocenters. The summed E-state index contributed by atoms with van der Waals surface area (Å²) in [5.41, 5.74) is 1.04. The number of aromatic nitrogens is 2. The van der Waals surface area contributed by atoms with Crippen molar-refractivity contribution in [3.63, 3.8) is 0 Å². The van der Waals surface area contributed by atoms with Gasteiger partial charge in [-0.05, 0) is 45.4 Å². The molecule has 9 heavy (non-hydrogen) atoms. The van der Waals surface area contributed by atoms with Gasteiger partial charge >= 0.3 is 0 Å². The summed E-state index contributed by atoms with van der Waals surface area (Å²) in [5.74, 6) is 0. The van der Waals surface area contributed by atoms with Crippen LogP contribution < -0.4 is 0 Å². The van der Waals surface area contributed by atoms with Gasteiger partial charge in [0.1, 0.15) is 3.70 Å². The van der Waals surface area contributed by atoms with Crippen LogP contribution in [0.15, 0.2) is 4.47 Å². The van der Waals surface area contributed by atoms with Gasteiger partial charge in [-0.15, -0.1) is 0 Å². The second-order valence-electron chi connectivity index (χ2n) is 1.81. The Labute approximate surface area is 75.9 Å². The molecule has 1 aromatic heterocycles. The molecule has 0 fully saturated rings. The number of rotatable bonds is 0. The van der Waals surface area contributed by atoms with E-state index >= 15 is 0 Å². The third-order valence-corrected chi connectivity index (χ3v) is 4.01. The lowest BCUT2D eigenvalue weighted by Crippen LogP contribution is -1.91. The maximum absolute atomic E-state index is 4.17. The van der Waals surface area contributed by atoms with E-state index in [9.17, 15) is 0 Å². The van der Waals surface area contributed by atoms with Crippen LogP contribution in [0.5, 0.6) is 0 Å². The van der Waals surface area contributed by atoms with Gasteiger partial charge in [-0.3, -0.25) is 4.68 Å². The smallest absolute Gasteiger partial charge is 0.113 e. The quantitative estimate of drug-likeness (QED) is 0.671. The molecule has 0 N–H and O–H groups in total. The van der Waals surface area contributed by atoms with Crippen LogP contribution in [0.4, 0.5) is 0 Å². The molecular weight excluding hydrogens is 295 g/mol. The van der Waals surface area contributed by atoms with Crippen LogP contribution in [0.1, 0.15) is 5.69 Å². The molecule has 0 saturated carbocycles. The summed E-state index contributed by atoms with van der Waals surface area (Å²) in [6.45, 7) is 1.98. The standard InChI is InChI=1S/C5H6BrIN2/c1-3-4(6)5(7)9(2)8-3/h1-2H3. The Balaban J connectivity index is 3.29. The van der Waals surface area contributed by atoms with Crippen LogP contribution in [0.2, 0.25) is 0 Å². The zero-order valence-electron chi connectivity index (χ0n) is 5.15. The number of nitrogens with zero attached hydrogens (tertiary/aromatic N) is 2. The van der Waals surface area contributed by atoms with Gasteiger partial charge in [-0.25, -0.2) is 0 Å². The fourth-order valence-corrected chi connectivity index (χ4v) is 1.44. The van der Waals surface area contributed by atoms with Crippen LogP contribution >= 0.6 is 38.5 Å². The van der Waals surface area contributed by atoms with Crippen LogP contribution in [-0.2, 0) is 7.05 Å². The van der Waals surface area contributed by atoms with Crippen LogP contribution in [0.3, 0.4) is 0 Å². The lowest BCUT2D eigenvalue weighted by molar-refractivity contribution is 0.738. The molecular formula is C5H6BrIN2. The van der Waals surface area contributed by atoms with E-state index in [-0.39, 0.29) is 0 Å². The van der Waals surface area contributed by atoms with Crippen molar-refractivity contribution < 1.29 is 0 Å². The fourth-order valence-electron chi connectivity index (χ4n) is 0.604. The Bertz CT molecular complexity index is 209. The summed E-state index contributed by atoms with van der Waals surface area (Å²) < 4.78 is 4.09. The molecule has 0 saturated heterocycles. The first kappa shape index (κ1) is 7.53. The monoisotopic (exact) mass is 300 g/mol. The first-order valence-corrected chi connectivity index (χ1v) is 4.34. The van der Waals surface area contributed by atoms with E-state index in [0.717, 1.165) is 13.9 Å². The second kappa shape index (κ2) is 2.57. The summed E-state index contributed by atoms with van der Waals surface area (Å²) in [6.07, 6.45) is 0. The molecule has 0 atom stereocenters. The molecule has 0 aliphatic carbocycles. The van der Waals surface area contributed by atoms with E-state index in [2.05, 4.69) is 43.6 Å². The Morgan fingerprint density at radius 1 is 1.67 bits per heavy atom. The predicted molar refractivity (Wildman–Crippen MR) is 48.4 cm³/mol. The van der Waals surface area contributed by atoms with Crippen LogP contribution in [0, 0.1) is 10.6 Å².